The molecule has 0 saturated heterocycles. The van der Waals surface area contributed by atoms with Gasteiger partial charge in [-0.2, -0.15) is 0 Å². The lowest BCUT2D eigenvalue weighted by atomic mass is 10.0. The van der Waals surface area contributed by atoms with Crippen LogP contribution < -0.4 is 9.62 Å². The van der Waals surface area contributed by atoms with Crippen LogP contribution in [0.4, 0.5) is 5.69 Å². The molecule has 0 aliphatic rings. The normalized spacial score (nSPS) is 11.9. The van der Waals surface area contributed by atoms with Gasteiger partial charge in [0.2, 0.25) is 11.8 Å². The van der Waals surface area contributed by atoms with Crippen molar-refractivity contribution in [3.8, 4) is 0 Å². The zero-order valence-electron chi connectivity index (χ0n) is 24.2. The summed E-state index contributed by atoms with van der Waals surface area (Å²) in [5, 5.41) is 3.46. The molecular weight excluding hydrogens is 641 g/mol. The van der Waals surface area contributed by atoms with E-state index in [0.717, 1.165) is 15.4 Å². The molecule has 0 saturated carbocycles. The Kier molecular flexibility index (Phi) is 11.3. The first kappa shape index (κ1) is 33.3. The van der Waals surface area contributed by atoms with Crippen LogP contribution in [0.2, 0.25) is 15.1 Å². The molecule has 2 amide bonds. The number of halogens is 3. The smallest absolute Gasteiger partial charge is 0.264 e. The molecule has 4 aromatic carbocycles. The number of nitrogens with zero attached hydrogens (tertiary/aromatic N) is 2. The van der Waals surface area contributed by atoms with Crippen molar-refractivity contribution in [2.75, 3.05) is 17.4 Å². The number of benzene rings is 4. The monoisotopic (exact) mass is 671 g/mol. The standard InChI is InChI=1S/C33H32Cl3N3O4S/c1-3-37-33(41)30(20-24-8-5-4-6-9-24)38(21-25-14-16-26(34)17-15-25)31(40)22-39(29-11-7-10-28(35)32(29)36)44(42,43)27-18-12-23(2)13-19-27/h4-19,30H,3,20-22H2,1-2H3,(H,37,41). The van der Waals surface area contributed by atoms with Crippen molar-refractivity contribution >= 4 is 62.3 Å². The molecule has 0 aliphatic heterocycles. The molecule has 0 fully saturated rings. The summed E-state index contributed by atoms with van der Waals surface area (Å²) in [4.78, 5) is 29.3. The van der Waals surface area contributed by atoms with E-state index in [0.29, 0.717) is 17.1 Å². The molecule has 0 bridgehead atoms. The lowest BCUT2D eigenvalue weighted by Gasteiger charge is -2.34. The van der Waals surface area contributed by atoms with Gasteiger partial charge in [0.15, 0.2) is 0 Å². The van der Waals surface area contributed by atoms with Gasteiger partial charge in [0.05, 0.1) is 20.6 Å². The second kappa shape index (κ2) is 14.9. The number of amides is 2. The molecule has 4 aromatic rings. The third kappa shape index (κ3) is 8.12. The fraction of sp³-hybridized carbons (Fsp3) is 0.212. The summed E-state index contributed by atoms with van der Waals surface area (Å²) in [6.45, 7) is 3.36. The summed E-state index contributed by atoms with van der Waals surface area (Å²) in [7, 11) is -4.31. The number of carbonyl (C=O) groups excluding carboxylic acids is 2. The van der Waals surface area contributed by atoms with Gasteiger partial charge >= 0.3 is 0 Å². The van der Waals surface area contributed by atoms with Gasteiger partial charge in [-0.05, 0) is 61.4 Å². The number of hydrogen-bond acceptors (Lipinski definition) is 4. The molecule has 0 aromatic heterocycles. The Labute approximate surface area is 273 Å². The Bertz CT molecular complexity index is 1700. The Hall–Kier alpha value is -3.56. The van der Waals surface area contributed by atoms with Crippen molar-refractivity contribution in [3.63, 3.8) is 0 Å². The number of aryl methyl sites for hydroxylation is 1. The zero-order chi connectivity index (χ0) is 31.9. The number of sulfonamides is 1. The van der Waals surface area contributed by atoms with Gasteiger partial charge in [-0.1, -0.05) is 101 Å². The Morgan fingerprint density at radius 2 is 1.48 bits per heavy atom. The van der Waals surface area contributed by atoms with Crippen LogP contribution in [0.5, 0.6) is 0 Å². The number of likely N-dealkylation sites (N-methyl/N-ethyl adjacent to an activating group) is 1. The first-order valence-corrected chi connectivity index (χ1v) is 16.5. The quantitative estimate of drug-likeness (QED) is 0.177. The van der Waals surface area contributed by atoms with Gasteiger partial charge in [-0.3, -0.25) is 13.9 Å². The average molecular weight is 673 g/mol. The largest absolute Gasteiger partial charge is 0.355 e. The van der Waals surface area contributed by atoms with E-state index >= 15 is 0 Å². The molecule has 11 heteroatoms. The molecule has 44 heavy (non-hydrogen) atoms. The maximum Gasteiger partial charge on any atom is 0.264 e. The SMILES string of the molecule is CCNC(=O)C(Cc1ccccc1)N(Cc1ccc(Cl)cc1)C(=O)CN(c1cccc(Cl)c1Cl)S(=O)(=O)c1ccc(C)cc1. The summed E-state index contributed by atoms with van der Waals surface area (Å²) in [6.07, 6.45) is 0.203. The highest BCUT2D eigenvalue weighted by molar-refractivity contribution is 7.92. The Morgan fingerprint density at radius 3 is 2.11 bits per heavy atom. The number of rotatable bonds is 12. The van der Waals surface area contributed by atoms with Crippen molar-refractivity contribution in [2.24, 2.45) is 0 Å². The maximum absolute atomic E-state index is 14.4. The van der Waals surface area contributed by atoms with Crippen LogP contribution in [0.1, 0.15) is 23.6 Å². The molecule has 1 atom stereocenters. The lowest BCUT2D eigenvalue weighted by Crippen LogP contribution is -2.53. The highest BCUT2D eigenvalue weighted by Crippen LogP contribution is 2.35. The second-order valence-electron chi connectivity index (χ2n) is 10.1. The van der Waals surface area contributed by atoms with Crippen LogP contribution in [0.15, 0.2) is 102 Å². The minimum atomic E-state index is -4.31. The van der Waals surface area contributed by atoms with E-state index in [1.807, 2.05) is 37.3 Å². The third-order valence-corrected chi connectivity index (χ3v) is 9.81. The average Bonchev–Trinajstić information content (AvgIpc) is 3.01. The molecule has 1 unspecified atom stereocenters. The van der Waals surface area contributed by atoms with Crippen LogP contribution in [0.25, 0.3) is 0 Å². The first-order valence-electron chi connectivity index (χ1n) is 13.9. The van der Waals surface area contributed by atoms with E-state index in [1.54, 1.807) is 49.4 Å². The summed E-state index contributed by atoms with van der Waals surface area (Å²) in [5.41, 5.74) is 2.45. The zero-order valence-corrected chi connectivity index (χ0v) is 27.3. The topological polar surface area (TPSA) is 86.8 Å². The Morgan fingerprint density at radius 1 is 0.818 bits per heavy atom. The molecule has 7 nitrogen and oxygen atoms in total. The van der Waals surface area contributed by atoms with Crippen LogP contribution in [0, 0.1) is 6.92 Å². The highest BCUT2D eigenvalue weighted by Gasteiger charge is 2.35. The highest BCUT2D eigenvalue weighted by atomic mass is 35.5. The van der Waals surface area contributed by atoms with Crippen molar-refractivity contribution in [3.05, 3.63) is 129 Å². The van der Waals surface area contributed by atoms with Gasteiger partial charge < -0.3 is 10.2 Å². The van der Waals surface area contributed by atoms with Crippen LogP contribution >= 0.6 is 34.8 Å². The Balaban J connectivity index is 1.82. The predicted molar refractivity (Wildman–Crippen MR) is 177 cm³/mol. The summed E-state index contributed by atoms with van der Waals surface area (Å²) < 4.78 is 29.2. The number of hydrogen-bond donors (Lipinski definition) is 1. The lowest BCUT2D eigenvalue weighted by molar-refractivity contribution is -0.140. The molecule has 0 heterocycles. The van der Waals surface area contributed by atoms with Crippen molar-refractivity contribution in [2.45, 2.75) is 37.8 Å². The molecule has 0 spiro atoms. The van der Waals surface area contributed by atoms with Gasteiger partial charge in [-0.25, -0.2) is 8.42 Å². The van der Waals surface area contributed by atoms with E-state index in [4.69, 9.17) is 34.8 Å². The van der Waals surface area contributed by atoms with Crippen molar-refractivity contribution < 1.29 is 18.0 Å². The molecular formula is C33H32Cl3N3O4S. The second-order valence-corrected chi connectivity index (χ2v) is 13.2. The minimum absolute atomic E-state index is 0.0202. The van der Waals surface area contributed by atoms with E-state index in [9.17, 15) is 18.0 Å². The number of carbonyl (C=O) groups is 2. The van der Waals surface area contributed by atoms with Crippen LogP contribution in [0.3, 0.4) is 0 Å². The number of anilines is 1. The van der Waals surface area contributed by atoms with E-state index in [1.165, 1.54) is 29.2 Å². The van der Waals surface area contributed by atoms with Gasteiger partial charge in [0, 0.05) is 24.5 Å². The summed E-state index contributed by atoms with van der Waals surface area (Å²) >= 11 is 18.9. The first-order chi connectivity index (χ1) is 21.0. The third-order valence-electron chi connectivity index (χ3n) is 6.98. The molecule has 230 valence electrons. The molecule has 0 aliphatic carbocycles. The summed E-state index contributed by atoms with van der Waals surface area (Å²) in [5.74, 6) is -0.980. The van der Waals surface area contributed by atoms with E-state index < -0.39 is 28.5 Å². The summed E-state index contributed by atoms with van der Waals surface area (Å²) in [6, 6.07) is 26.1. The van der Waals surface area contributed by atoms with E-state index in [-0.39, 0.29) is 39.5 Å². The fourth-order valence-electron chi connectivity index (χ4n) is 4.67. The molecule has 4 rings (SSSR count). The van der Waals surface area contributed by atoms with Crippen LogP contribution in [-0.2, 0) is 32.6 Å². The number of nitrogens with one attached hydrogen (secondary N) is 1. The van der Waals surface area contributed by atoms with Crippen molar-refractivity contribution in [1.82, 2.24) is 10.2 Å². The predicted octanol–water partition coefficient (Wildman–Crippen LogP) is 6.93. The van der Waals surface area contributed by atoms with E-state index in [2.05, 4.69) is 5.32 Å². The van der Waals surface area contributed by atoms with Gasteiger partial charge in [-0.15, -0.1) is 0 Å². The molecule has 1 N–H and O–H groups in total. The molecule has 0 radical (unpaired) electrons. The van der Waals surface area contributed by atoms with Gasteiger partial charge in [0.25, 0.3) is 10.0 Å². The fourth-order valence-corrected chi connectivity index (χ4v) is 6.67. The van der Waals surface area contributed by atoms with Gasteiger partial charge in [0.1, 0.15) is 12.6 Å². The van der Waals surface area contributed by atoms with Crippen LogP contribution in [-0.4, -0.2) is 44.3 Å². The minimum Gasteiger partial charge on any atom is -0.355 e. The maximum atomic E-state index is 14.4. The van der Waals surface area contributed by atoms with Crippen molar-refractivity contribution in [1.29, 1.82) is 0 Å².